The molecule has 0 aromatic rings. The van der Waals surface area contributed by atoms with E-state index in [0.717, 1.165) is 70.6 Å². The minimum Gasteiger partial charge on any atom is -0.616 e. The van der Waals surface area contributed by atoms with E-state index in [1.807, 2.05) is 6.08 Å². The highest BCUT2D eigenvalue weighted by molar-refractivity contribution is 7.91. The lowest BCUT2D eigenvalue weighted by molar-refractivity contribution is -0.284. The Kier molecular flexibility index (Phi) is 11.0. The van der Waals surface area contributed by atoms with Crippen molar-refractivity contribution in [2.24, 2.45) is 34.6 Å². The van der Waals surface area contributed by atoms with Crippen molar-refractivity contribution in [1.82, 2.24) is 0 Å². The monoisotopic (exact) mass is 638 g/mol. The molecule has 8 atom stereocenters. The smallest absolute Gasteiger partial charge is 0.453 e. The number of halogens is 5. The van der Waals surface area contributed by atoms with Crippen LogP contribution in [0.2, 0.25) is 0 Å². The van der Waals surface area contributed by atoms with E-state index in [0.29, 0.717) is 36.7 Å². The third-order valence-corrected chi connectivity index (χ3v) is 13.0. The molecule has 0 heterocycles. The van der Waals surface area contributed by atoms with Gasteiger partial charge in [0.2, 0.25) is 0 Å². The second-order valence-electron chi connectivity index (χ2n) is 14.1. The quantitative estimate of drug-likeness (QED) is 0.0912. The van der Waals surface area contributed by atoms with Crippen LogP contribution in [-0.4, -0.2) is 55.6 Å². The first kappa shape index (κ1) is 35.0. The van der Waals surface area contributed by atoms with Gasteiger partial charge in [-0.25, -0.2) is 0 Å². The molecule has 4 aliphatic rings. The predicted molar refractivity (Wildman–Crippen MR) is 160 cm³/mol. The van der Waals surface area contributed by atoms with E-state index in [1.54, 1.807) is 6.08 Å². The Balaban J connectivity index is 1.20. The van der Waals surface area contributed by atoms with Gasteiger partial charge in [-0.15, -0.1) is 0 Å². The van der Waals surface area contributed by atoms with Gasteiger partial charge in [-0.3, -0.25) is 0 Å². The normalized spacial score (nSPS) is 36.8. The van der Waals surface area contributed by atoms with Gasteiger partial charge in [-0.2, -0.15) is 22.0 Å². The number of aliphatic hydroxyl groups is 2. The SMILES string of the molecule is C[C@]12CC[C@]3(N)C4=CC=C(O)CC4C[C@@H](CCCCCCCCC[S+]([O-])CCCC(F)(F)C(F)(F)F)[C@H]3C1(N)CC[C@@H]2O. The van der Waals surface area contributed by atoms with Crippen LogP contribution in [-0.2, 0) is 11.2 Å². The fourth-order valence-corrected chi connectivity index (χ4v) is 10.2. The molecule has 4 rings (SSSR count). The molecule has 0 bridgehead atoms. The number of fused-ring (bicyclic) bond motifs is 5. The summed E-state index contributed by atoms with van der Waals surface area (Å²) in [5, 5.41) is 21.3. The molecule has 3 saturated carbocycles. The van der Waals surface area contributed by atoms with E-state index in [4.69, 9.17) is 11.5 Å². The molecular formula is C32H51F5N2O3S. The molecule has 0 aromatic heterocycles. The molecule has 0 aromatic carbocycles. The van der Waals surface area contributed by atoms with Crippen LogP contribution in [0.3, 0.4) is 0 Å². The van der Waals surface area contributed by atoms with Gasteiger partial charge in [0, 0.05) is 35.3 Å². The number of hydrogen-bond donors (Lipinski definition) is 4. The van der Waals surface area contributed by atoms with Gasteiger partial charge in [0.15, 0.2) is 0 Å². The summed E-state index contributed by atoms with van der Waals surface area (Å²) in [6.45, 7) is 2.15. The molecular weight excluding hydrogens is 587 g/mol. The standard InChI is InChI=1S/C32H51F5N2O3S/c1-28-16-17-29(38)25-12-11-24(40)21-23(25)20-22(27(29)30(28,39)15-13-26(28)41)10-7-5-3-2-4-6-8-18-43(42)19-9-14-31(33,34)32(35,36)37/h11-12,22-23,26-27,40-41H,2-10,13-21,38-39H2,1H3/t22-,23?,26+,27-,28-,29+,30?,43?/m1/s1. The lowest BCUT2D eigenvalue weighted by Gasteiger charge is -2.64. The average molecular weight is 639 g/mol. The van der Waals surface area contributed by atoms with E-state index >= 15 is 0 Å². The van der Waals surface area contributed by atoms with E-state index < -0.39 is 53.3 Å². The van der Waals surface area contributed by atoms with Crippen LogP contribution in [0.1, 0.15) is 110 Å². The topological polar surface area (TPSA) is 116 Å². The van der Waals surface area contributed by atoms with E-state index in [2.05, 4.69) is 6.92 Å². The molecule has 248 valence electrons. The van der Waals surface area contributed by atoms with Gasteiger partial charge in [0.25, 0.3) is 0 Å². The molecule has 43 heavy (non-hydrogen) atoms. The van der Waals surface area contributed by atoms with Gasteiger partial charge in [-0.1, -0.05) is 62.7 Å². The number of hydrogen-bond acceptors (Lipinski definition) is 5. The molecule has 5 nitrogen and oxygen atoms in total. The molecule has 0 saturated heterocycles. The van der Waals surface area contributed by atoms with Crippen LogP contribution in [0, 0.1) is 23.2 Å². The van der Waals surface area contributed by atoms with Crippen LogP contribution in [0.4, 0.5) is 22.0 Å². The van der Waals surface area contributed by atoms with Crippen LogP contribution in [0.5, 0.6) is 0 Å². The zero-order valence-corrected chi connectivity index (χ0v) is 26.3. The molecule has 3 fully saturated rings. The number of nitrogens with two attached hydrogens (primary N) is 2. The zero-order chi connectivity index (χ0) is 31.7. The Morgan fingerprint density at radius 2 is 1.56 bits per heavy atom. The molecule has 6 N–H and O–H groups in total. The van der Waals surface area contributed by atoms with Crippen molar-refractivity contribution in [3.63, 3.8) is 0 Å². The molecule has 0 spiro atoms. The van der Waals surface area contributed by atoms with Crippen molar-refractivity contribution in [2.45, 2.75) is 139 Å². The van der Waals surface area contributed by atoms with Crippen LogP contribution in [0.25, 0.3) is 0 Å². The highest BCUT2D eigenvalue weighted by atomic mass is 32.2. The maximum atomic E-state index is 13.0. The Bertz CT molecular complexity index is 1030. The second kappa shape index (κ2) is 13.5. The number of unbranched alkanes of at least 4 members (excludes halogenated alkanes) is 6. The molecule has 0 aliphatic heterocycles. The summed E-state index contributed by atoms with van der Waals surface area (Å²) in [4.78, 5) is 0. The van der Waals surface area contributed by atoms with Gasteiger partial charge >= 0.3 is 12.1 Å². The summed E-state index contributed by atoms with van der Waals surface area (Å²) in [6, 6.07) is 0. The average Bonchev–Trinajstić information content (AvgIpc) is 3.15. The largest absolute Gasteiger partial charge is 0.616 e. The van der Waals surface area contributed by atoms with Crippen LogP contribution >= 0.6 is 0 Å². The highest BCUT2D eigenvalue weighted by Gasteiger charge is 2.68. The van der Waals surface area contributed by atoms with Crippen molar-refractivity contribution in [1.29, 1.82) is 0 Å². The van der Waals surface area contributed by atoms with Crippen LogP contribution in [0.15, 0.2) is 23.5 Å². The van der Waals surface area contributed by atoms with Gasteiger partial charge in [-0.05, 0) is 74.9 Å². The predicted octanol–water partition coefficient (Wildman–Crippen LogP) is 7.21. The van der Waals surface area contributed by atoms with Crippen molar-refractivity contribution in [3.05, 3.63) is 23.5 Å². The third-order valence-electron chi connectivity index (χ3n) is 11.5. The van der Waals surface area contributed by atoms with Crippen LogP contribution < -0.4 is 11.5 Å². The zero-order valence-electron chi connectivity index (χ0n) is 25.4. The molecule has 3 unspecified atom stereocenters. The first-order chi connectivity index (χ1) is 20.1. The Morgan fingerprint density at radius 3 is 2.23 bits per heavy atom. The summed E-state index contributed by atoms with van der Waals surface area (Å²) in [5.41, 5.74) is 14.5. The van der Waals surface area contributed by atoms with Gasteiger partial charge in [0.1, 0.15) is 11.5 Å². The molecule has 0 amide bonds. The van der Waals surface area contributed by atoms with E-state index in [1.165, 1.54) is 5.57 Å². The highest BCUT2D eigenvalue weighted by Crippen LogP contribution is 2.65. The van der Waals surface area contributed by atoms with E-state index in [9.17, 15) is 36.7 Å². The van der Waals surface area contributed by atoms with Crippen molar-refractivity contribution < 1.29 is 36.7 Å². The lowest BCUT2D eigenvalue weighted by atomic mass is 9.44. The first-order valence-electron chi connectivity index (χ1n) is 16.2. The third kappa shape index (κ3) is 7.10. The maximum absolute atomic E-state index is 13.0. The van der Waals surface area contributed by atoms with Gasteiger partial charge in [0.05, 0.1) is 11.9 Å². The number of rotatable bonds is 14. The second-order valence-corrected chi connectivity index (χ2v) is 15.8. The lowest BCUT2D eigenvalue weighted by Crippen LogP contribution is -2.74. The molecule has 4 aliphatic carbocycles. The Hall–Kier alpha value is -0.880. The number of allylic oxidation sites excluding steroid dienone is 3. The summed E-state index contributed by atoms with van der Waals surface area (Å²) in [5.74, 6) is -3.50. The minimum atomic E-state index is -5.55. The fourth-order valence-electron chi connectivity index (χ4n) is 8.98. The van der Waals surface area contributed by atoms with Crippen molar-refractivity contribution in [2.75, 3.05) is 11.5 Å². The Labute approximate surface area is 256 Å². The Morgan fingerprint density at radius 1 is 0.930 bits per heavy atom. The summed E-state index contributed by atoms with van der Waals surface area (Å²) < 4.78 is 74.7. The summed E-state index contributed by atoms with van der Waals surface area (Å²) >= 11 is -1.38. The van der Waals surface area contributed by atoms with Crippen molar-refractivity contribution >= 4 is 11.2 Å². The number of aliphatic hydroxyl groups excluding tert-OH is 2. The summed E-state index contributed by atoms with van der Waals surface area (Å²) in [6.07, 6.45) is 8.46. The fraction of sp³-hybridized carbons (Fsp3) is 0.875. The summed E-state index contributed by atoms with van der Waals surface area (Å²) in [7, 11) is 0. The first-order valence-corrected chi connectivity index (χ1v) is 17.7. The van der Waals surface area contributed by atoms with Gasteiger partial charge < -0.3 is 26.2 Å². The maximum Gasteiger partial charge on any atom is 0.453 e. The molecule has 0 radical (unpaired) electrons. The van der Waals surface area contributed by atoms with E-state index in [-0.39, 0.29) is 23.0 Å². The molecule has 11 heteroatoms. The minimum absolute atomic E-state index is 0.0765. The number of alkyl halides is 5. The van der Waals surface area contributed by atoms with Crippen molar-refractivity contribution in [3.8, 4) is 0 Å².